The minimum atomic E-state index is -0.473. The lowest BCUT2D eigenvalue weighted by molar-refractivity contribution is 0.391. The van der Waals surface area contributed by atoms with Crippen LogP contribution in [0, 0.1) is 13.8 Å². The molecule has 0 saturated carbocycles. The summed E-state index contributed by atoms with van der Waals surface area (Å²) in [5.74, 6) is -0.521. The van der Waals surface area contributed by atoms with Crippen molar-refractivity contribution in [1.29, 1.82) is 0 Å². The van der Waals surface area contributed by atoms with Crippen LogP contribution in [0.25, 0.3) is 22.3 Å². The third-order valence-corrected chi connectivity index (χ3v) is 4.34. The van der Waals surface area contributed by atoms with E-state index in [1.165, 1.54) is 32.4 Å². The van der Waals surface area contributed by atoms with E-state index in [9.17, 15) is 20.1 Å². The van der Waals surface area contributed by atoms with E-state index in [2.05, 4.69) is 0 Å². The van der Waals surface area contributed by atoms with Crippen LogP contribution >= 0.6 is 0 Å². The molecule has 0 aliphatic carbocycles. The Bertz CT molecular complexity index is 1080. The van der Waals surface area contributed by atoms with Gasteiger partial charge in [0, 0.05) is 16.7 Å². The molecular formula is C19H18O7. The number of phenols is 3. The highest BCUT2D eigenvalue weighted by Gasteiger charge is 2.25. The predicted octanol–water partition coefficient (Wildman–Crippen LogP) is 3.21. The molecule has 26 heavy (non-hydrogen) atoms. The number of ether oxygens (including phenoxy) is 2. The van der Waals surface area contributed by atoms with Gasteiger partial charge in [0.1, 0.15) is 22.5 Å². The van der Waals surface area contributed by atoms with Crippen molar-refractivity contribution in [3.63, 3.8) is 0 Å². The van der Waals surface area contributed by atoms with Gasteiger partial charge in [0.2, 0.25) is 11.2 Å². The van der Waals surface area contributed by atoms with Crippen molar-refractivity contribution in [3.8, 4) is 40.1 Å². The van der Waals surface area contributed by atoms with Crippen LogP contribution in [0.15, 0.2) is 27.4 Å². The molecule has 0 radical (unpaired) electrons. The van der Waals surface area contributed by atoms with Gasteiger partial charge in [-0.15, -0.1) is 0 Å². The van der Waals surface area contributed by atoms with Crippen LogP contribution < -0.4 is 14.9 Å². The Hall–Kier alpha value is -3.35. The maximum Gasteiger partial charge on any atom is 0.239 e. The molecule has 3 N–H and O–H groups in total. The Balaban J connectivity index is 2.50. The van der Waals surface area contributed by atoms with E-state index in [1.807, 2.05) is 0 Å². The molecule has 0 unspecified atom stereocenters. The lowest BCUT2D eigenvalue weighted by atomic mass is 10.0. The van der Waals surface area contributed by atoms with E-state index in [0.29, 0.717) is 16.7 Å². The second-order valence-electron chi connectivity index (χ2n) is 5.83. The van der Waals surface area contributed by atoms with Gasteiger partial charge in [0.05, 0.1) is 14.2 Å². The van der Waals surface area contributed by atoms with Crippen molar-refractivity contribution in [3.05, 3.63) is 39.5 Å². The third-order valence-electron chi connectivity index (χ3n) is 4.34. The number of aryl methyl sites for hydroxylation is 1. The van der Waals surface area contributed by atoms with E-state index in [0.717, 1.165) is 0 Å². The van der Waals surface area contributed by atoms with E-state index in [1.54, 1.807) is 13.8 Å². The van der Waals surface area contributed by atoms with Gasteiger partial charge in [0.25, 0.3) is 0 Å². The summed E-state index contributed by atoms with van der Waals surface area (Å²) < 4.78 is 16.5. The molecule has 0 saturated heterocycles. The van der Waals surface area contributed by atoms with Crippen molar-refractivity contribution in [2.75, 3.05) is 14.2 Å². The minimum Gasteiger partial charge on any atom is -0.507 e. The zero-order valence-corrected chi connectivity index (χ0v) is 14.7. The van der Waals surface area contributed by atoms with Gasteiger partial charge in [-0.1, -0.05) is 0 Å². The summed E-state index contributed by atoms with van der Waals surface area (Å²) in [4.78, 5) is 13.0. The number of rotatable bonds is 3. The predicted molar refractivity (Wildman–Crippen MR) is 95.5 cm³/mol. The first-order valence-electron chi connectivity index (χ1n) is 7.75. The van der Waals surface area contributed by atoms with E-state index in [-0.39, 0.29) is 45.5 Å². The third kappa shape index (κ3) is 2.40. The number of hydrogen-bond donors (Lipinski definition) is 3. The summed E-state index contributed by atoms with van der Waals surface area (Å²) in [6, 6.07) is 4.00. The van der Waals surface area contributed by atoms with Gasteiger partial charge in [0.15, 0.2) is 17.3 Å². The van der Waals surface area contributed by atoms with Gasteiger partial charge < -0.3 is 29.2 Å². The summed E-state index contributed by atoms with van der Waals surface area (Å²) in [7, 11) is 2.73. The summed E-state index contributed by atoms with van der Waals surface area (Å²) >= 11 is 0. The normalized spacial score (nSPS) is 10.9. The minimum absolute atomic E-state index is 0.0397. The van der Waals surface area contributed by atoms with Crippen molar-refractivity contribution >= 4 is 11.0 Å². The maximum atomic E-state index is 13.0. The highest BCUT2D eigenvalue weighted by Crippen LogP contribution is 2.42. The molecule has 3 aromatic rings. The van der Waals surface area contributed by atoms with Crippen molar-refractivity contribution in [2.24, 2.45) is 0 Å². The molecule has 0 fully saturated rings. The molecule has 3 rings (SSSR count). The van der Waals surface area contributed by atoms with Crippen LogP contribution in [0.2, 0.25) is 0 Å². The monoisotopic (exact) mass is 358 g/mol. The van der Waals surface area contributed by atoms with Crippen molar-refractivity contribution < 1.29 is 29.2 Å². The van der Waals surface area contributed by atoms with Crippen molar-refractivity contribution in [2.45, 2.75) is 13.8 Å². The van der Waals surface area contributed by atoms with Crippen LogP contribution in [-0.2, 0) is 0 Å². The number of benzene rings is 2. The molecule has 7 heteroatoms. The molecule has 0 amide bonds. The van der Waals surface area contributed by atoms with E-state index in [4.69, 9.17) is 13.9 Å². The molecule has 1 heterocycles. The fourth-order valence-electron chi connectivity index (χ4n) is 2.97. The Kier molecular flexibility index (Phi) is 4.15. The number of fused-ring (bicyclic) bond motifs is 1. The van der Waals surface area contributed by atoms with Crippen LogP contribution in [0.5, 0.6) is 28.7 Å². The van der Waals surface area contributed by atoms with Crippen LogP contribution in [-0.4, -0.2) is 29.5 Å². The van der Waals surface area contributed by atoms with E-state index >= 15 is 0 Å². The zero-order chi connectivity index (χ0) is 19.2. The Morgan fingerprint density at radius 1 is 0.923 bits per heavy atom. The second-order valence-corrected chi connectivity index (χ2v) is 5.83. The summed E-state index contributed by atoms with van der Waals surface area (Å²) in [6.45, 7) is 3.26. The second kappa shape index (κ2) is 6.18. The number of phenolic OH excluding ortho intramolecular Hbond substituents is 3. The first-order valence-corrected chi connectivity index (χ1v) is 7.75. The molecule has 136 valence electrons. The summed E-state index contributed by atoms with van der Waals surface area (Å²) in [5, 5.41) is 29.7. The van der Waals surface area contributed by atoms with Crippen LogP contribution in [0.3, 0.4) is 0 Å². The quantitative estimate of drug-likeness (QED) is 0.617. The first-order chi connectivity index (χ1) is 12.3. The Labute approximate surface area is 148 Å². The molecule has 7 nitrogen and oxygen atoms in total. The average Bonchev–Trinajstić information content (AvgIpc) is 2.63. The summed E-state index contributed by atoms with van der Waals surface area (Å²) in [6.07, 6.45) is 0. The highest BCUT2D eigenvalue weighted by atomic mass is 16.5. The number of hydrogen-bond acceptors (Lipinski definition) is 7. The fraction of sp³-hybridized carbons (Fsp3) is 0.211. The van der Waals surface area contributed by atoms with Gasteiger partial charge in [-0.05, 0) is 32.0 Å². The summed E-state index contributed by atoms with van der Waals surface area (Å²) in [5.41, 5.74) is 0.802. The standard InChI is InChI=1S/C19H18O7/c1-8-14(22)9(2)17-13(16(8)24-3)15(23)19(25-4)18(26-17)10-5-6-11(20)12(21)7-10/h5-7,20-22H,1-4H3. The maximum absolute atomic E-state index is 13.0. The first kappa shape index (κ1) is 17.5. The SMILES string of the molecule is COc1c(-c2ccc(O)c(O)c2)oc2c(C)c(O)c(C)c(OC)c2c1=O. The van der Waals surface area contributed by atoms with E-state index < -0.39 is 5.43 Å². The fourth-order valence-corrected chi connectivity index (χ4v) is 2.97. The molecule has 0 atom stereocenters. The van der Waals surface area contributed by atoms with Gasteiger partial charge in [-0.25, -0.2) is 0 Å². The topological polar surface area (TPSA) is 109 Å². The molecule has 0 bridgehead atoms. The molecule has 2 aromatic carbocycles. The highest BCUT2D eigenvalue weighted by molar-refractivity contribution is 5.92. The Morgan fingerprint density at radius 2 is 1.58 bits per heavy atom. The number of aromatic hydroxyl groups is 3. The van der Waals surface area contributed by atoms with Gasteiger partial charge in [-0.3, -0.25) is 4.79 Å². The molecule has 0 spiro atoms. The molecule has 0 aliphatic rings. The lowest BCUT2D eigenvalue weighted by Gasteiger charge is -2.16. The average molecular weight is 358 g/mol. The zero-order valence-electron chi connectivity index (χ0n) is 14.7. The molecular weight excluding hydrogens is 340 g/mol. The smallest absolute Gasteiger partial charge is 0.239 e. The van der Waals surface area contributed by atoms with Gasteiger partial charge in [-0.2, -0.15) is 0 Å². The lowest BCUT2D eigenvalue weighted by Crippen LogP contribution is -2.10. The largest absolute Gasteiger partial charge is 0.507 e. The Morgan fingerprint density at radius 3 is 2.15 bits per heavy atom. The van der Waals surface area contributed by atoms with Crippen LogP contribution in [0.1, 0.15) is 11.1 Å². The van der Waals surface area contributed by atoms with Gasteiger partial charge >= 0.3 is 0 Å². The molecule has 0 aliphatic heterocycles. The van der Waals surface area contributed by atoms with Crippen molar-refractivity contribution in [1.82, 2.24) is 0 Å². The van der Waals surface area contributed by atoms with Crippen LogP contribution in [0.4, 0.5) is 0 Å². The molecule has 1 aromatic heterocycles. The number of methoxy groups -OCH3 is 2.